The number of carbonyl (C=O) groups is 1. The molecule has 5 heteroatoms. The quantitative estimate of drug-likeness (QED) is 0.884. The second kappa shape index (κ2) is 5.14. The van der Waals surface area contributed by atoms with Crippen LogP contribution in [0, 0.1) is 13.8 Å². The second-order valence-corrected chi connectivity index (χ2v) is 4.49. The minimum Gasteiger partial charge on any atom is -0.496 e. The van der Waals surface area contributed by atoms with E-state index in [1.165, 1.54) is 0 Å². The zero-order chi connectivity index (χ0) is 14.0. The molecule has 5 nitrogen and oxygen atoms in total. The van der Waals surface area contributed by atoms with E-state index < -0.39 is 5.97 Å². The lowest BCUT2D eigenvalue weighted by Crippen LogP contribution is -2.02. The van der Waals surface area contributed by atoms with Crippen LogP contribution in [0.1, 0.15) is 16.8 Å². The van der Waals surface area contributed by atoms with Crippen molar-refractivity contribution in [1.29, 1.82) is 0 Å². The van der Waals surface area contributed by atoms with E-state index in [1.54, 1.807) is 13.3 Å². The van der Waals surface area contributed by atoms with Crippen molar-refractivity contribution >= 4 is 5.97 Å². The fraction of sp³-hybridized carbons (Fsp3) is 0.286. The first kappa shape index (κ1) is 13.1. The van der Waals surface area contributed by atoms with Gasteiger partial charge in [0.2, 0.25) is 0 Å². The summed E-state index contributed by atoms with van der Waals surface area (Å²) >= 11 is 0. The Labute approximate surface area is 111 Å². The lowest BCUT2D eigenvalue weighted by atomic mass is 9.97. The molecule has 1 aromatic heterocycles. The maximum absolute atomic E-state index is 10.9. The first-order chi connectivity index (χ1) is 9.02. The van der Waals surface area contributed by atoms with Crippen LogP contribution >= 0.6 is 0 Å². The smallest absolute Gasteiger partial charge is 0.309 e. The number of H-pyrrole nitrogens is 1. The van der Waals surface area contributed by atoms with Crippen molar-refractivity contribution in [3.63, 3.8) is 0 Å². The third-order valence-corrected chi connectivity index (χ3v) is 2.98. The fourth-order valence-corrected chi connectivity index (χ4v) is 2.25. The van der Waals surface area contributed by atoms with E-state index in [-0.39, 0.29) is 6.42 Å². The monoisotopic (exact) mass is 260 g/mol. The minimum atomic E-state index is -0.894. The van der Waals surface area contributed by atoms with Crippen molar-refractivity contribution in [3.05, 3.63) is 35.2 Å². The Morgan fingerprint density at radius 2 is 2.16 bits per heavy atom. The summed E-state index contributed by atoms with van der Waals surface area (Å²) in [5, 5.41) is 15.6. The maximum Gasteiger partial charge on any atom is 0.309 e. The van der Waals surface area contributed by atoms with Gasteiger partial charge in [-0.05, 0) is 31.0 Å². The predicted octanol–water partition coefficient (Wildman–Crippen LogP) is 2.33. The van der Waals surface area contributed by atoms with Gasteiger partial charge >= 0.3 is 5.97 Å². The van der Waals surface area contributed by atoms with Crippen molar-refractivity contribution < 1.29 is 14.6 Å². The number of aromatic amines is 1. The Kier molecular flexibility index (Phi) is 3.55. The number of nitrogens with zero attached hydrogens (tertiary/aromatic N) is 1. The van der Waals surface area contributed by atoms with Gasteiger partial charge in [-0.1, -0.05) is 6.07 Å². The highest BCUT2D eigenvalue weighted by atomic mass is 16.5. The predicted molar refractivity (Wildman–Crippen MR) is 71.4 cm³/mol. The molecule has 0 aliphatic rings. The van der Waals surface area contributed by atoms with Gasteiger partial charge in [-0.15, -0.1) is 0 Å². The number of nitrogens with one attached hydrogen (secondary N) is 1. The average molecular weight is 260 g/mol. The van der Waals surface area contributed by atoms with Crippen molar-refractivity contribution in [2.45, 2.75) is 20.3 Å². The molecule has 0 spiro atoms. The van der Waals surface area contributed by atoms with Crippen molar-refractivity contribution in [2.75, 3.05) is 7.11 Å². The Morgan fingerprint density at radius 3 is 2.79 bits per heavy atom. The van der Waals surface area contributed by atoms with E-state index in [0.717, 1.165) is 28.0 Å². The molecule has 0 aliphatic carbocycles. The number of benzene rings is 1. The molecule has 0 fully saturated rings. The molecule has 19 heavy (non-hydrogen) atoms. The van der Waals surface area contributed by atoms with E-state index in [0.29, 0.717) is 5.69 Å². The first-order valence-corrected chi connectivity index (χ1v) is 5.92. The van der Waals surface area contributed by atoms with Crippen molar-refractivity contribution in [2.24, 2.45) is 0 Å². The fourth-order valence-electron chi connectivity index (χ4n) is 2.25. The Bertz CT molecular complexity index is 617. The van der Waals surface area contributed by atoms with E-state index in [4.69, 9.17) is 9.84 Å². The summed E-state index contributed by atoms with van der Waals surface area (Å²) in [6, 6.07) is 3.97. The number of aryl methyl sites for hydroxylation is 2. The van der Waals surface area contributed by atoms with Crippen LogP contribution in [0.25, 0.3) is 11.1 Å². The van der Waals surface area contributed by atoms with Gasteiger partial charge in [0.25, 0.3) is 0 Å². The molecule has 100 valence electrons. The number of ether oxygens (including phenoxy) is 1. The summed E-state index contributed by atoms with van der Waals surface area (Å²) in [5.74, 6) is -0.167. The van der Waals surface area contributed by atoms with Gasteiger partial charge in [-0.3, -0.25) is 9.89 Å². The molecule has 0 bridgehead atoms. The summed E-state index contributed by atoms with van der Waals surface area (Å²) in [6.07, 6.45) is 1.55. The molecule has 0 radical (unpaired) electrons. The lowest BCUT2D eigenvalue weighted by Gasteiger charge is -2.13. The van der Waals surface area contributed by atoms with Gasteiger partial charge in [0.15, 0.2) is 0 Å². The Hall–Kier alpha value is -2.30. The molecule has 2 N–H and O–H groups in total. The van der Waals surface area contributed by atoms with Gasteiger partial charge in [-0.2, -0.15) is 5.10 Å². The van der Waals surface area contributed by atoms with E-state index in [1.807, 2.05) is 26.0 Å². The third kappa shape index (κ3) is 2.59. The minimum absolute atomic E-state index is 0.0915. The SMILES string of the molecule is COc1cc(C)cc(C)c1-c1cn[nH]c1CC(=O)O. The van der Waals surface area contributed by atoms with Gasteiger partial charge in [0.05, 0.1) is 25.4 Å². The average Bonchev–Trinajstić information content (AvgIpc) is 2.75. The van der Waals surface area contributed by atoms with Crippen LogP contribution < -0.4 is 4.74 Å². The zero-order valence-electron chi connectivity index (χ0n) is 11.2. The highest BCUT2D eigenvalue weighted by molar-refractivity contribution is 5.79. The van der Waals surface area contributed by atoms with Crippen LogP contribution in [-0.2, 0) is 11.2 Å². The number of aromatic nitrogens is 2. The zero-order valence-corrected chi connectivity index (χ0v) is 11.2. The highest BCUT2D eigenvalue weighted by Crippen LogP contribution is 2.35. The standard InChI is InChI=1S/C14H16N2O3/c1-8-4-9(2)14(12(5-8)19-3)10-7-15-16-11(10)6-13(17)18/h4-5,7H,6H2,1-3H3,(H,15,16)(H,17,18). The molecular weight excluding hydrogens is 244 g/mol. The maximum atomic E-state index is 10.9. The van der Waals surface area contributed by atoms with Crippen LogP contribution in [0.15, 0.2) is 18.3 Å². The molecule has 0 amide bonds. The Balaban J connectivity index is 2.59. The number of hydrogen-bond donors (Lipinski definition) is 2. The van der Waals surface area contributed by atoms with Crippen LogP contribution in [-0.4, -0.2) is 28.4 Å². The van der Waals surface area contributed by atoms with E-state index in [2.05, 4.69) is 10.2 Å². The summed E-state index contributed by atoms with van der Waals surface area (Å²) in [7, 11) is 1.61. The number of hydrogen-bond acceptors (Lipinski definition) is 3. The summed E-state index contributed by atoms with van der Waals surface area (Å²) in [5.41, 5.74) is 4.37. The van der Waals surface area contributed by atoms with Crippen molar-refractivity contribution in [1.82, 2.24) is 10.2 Å². The number of aliphatic carboxylic acids is 1. The van der Waals surface area contributed by atoms with Gasteiger partial charge in [-0.25, -0.2) is 0 Å². The number of carboxylic acid groups (broad SMARTS) is 1. The van der Waals surface area contributed by atoms with Gasteiger partial charge in [0, 0.05) is 11.1 Å². The normalized spacial score (nSPS) is 10.5. The molecule has 1 heterocycles. The molecular formula is C14H16N2O3. The van der Waals surface area contributed by atoms with E-state index >= 15 is 0 Å². The number of methoxy groups -OCH3 is 1. The van der Waals surface area contributed by atoms with Crippen LogP contribution in [0.4, 0.5) is 0 Å². The van der Waals surface area contributed by atoms with Gasteiger partial charge in [0.1, 0.15) is 5.75 Å². The van der Waals surface area contributed by atoms with Crippen LogP contribution in [0.5, 0.6) is 5.75 Å². The van der Waals surface area contributed by atoms with Crippen LogP contribution in [0.2, 0.25) is 0 Å². The Morgan fingerprint density at radius 1 is 1.42 bits per heavy atom. The second-order valence-electron chi connectivity index (χ2n) is 4.49. The summed E-state index contributed by atoms with van der Waals surface area (Å²) < 4.78 is 5.40. The molecule has 0 saturated carbocycles. The molecule has 0 unspecified atom stereocenters. The van der Waals surface area contributed by atoms with Crippen LogP contribution in [0.3, 0.4) is 0 Å². The molecule has 1 aromatic carbocycles. The lowest BCUT2D eigenvalue weighted by molar-refractivity contribution is -0.136. The third-order valence-electron chi connectivity index (χ3n) is 2.98. The highest BCUT2D eigenvalue weighted by Gasteiger charge is 2.17. The van der Waals surface area contributed by atoms with Gasteiger partial charge < -0.3 is 9.84 Å². The van der Waals surface area contributed by atoms with Crippen molar-refractivity contribution in [3.8, 4) is 16.9 Å². The molecule has 2 rings (SSSR count). The number of carboxylic acids is 1. The molecule has 2 aromatic rings. The largest absolute Gasteiger partial charge is 0.496 e. The summed E-state index contributed by atoms with van der Waals surface area (Å²) in [6.45, 7) is 3.97. The topological polar surface area (TPSA) is 75.2 Å². The molecule has 0 atom stereocenters. The molecule has 0 aliphatic heterocycles. The number of rotatable bonds is 4. The van der Waals surface area contributed by atoms with E-state index in [9.17, 15) is 4.79 Å². The summed E-state index contributed by atoms with van der Waals surface area (Å²) in [4.78, 5) is 10.9. The first-order valence-electron chi connectivity index (χ1n) is 5.92. The molecule has 0 saturated heterocycles.